The Labute approximate surface area is 184 Å². The number of pyridine rings is 1. The lowest BCUT2D eigenvalue weighted by molar-refractivity contribution is -0.00639. The van der Waals surface area contributed by atoms with Crippen molar-refractivity contribution in [2.45, 2.75) is 57.7 Å². The number of nitrogen functional groups attached to an aromatic ring is 1. The van der Waals surface area contributed by atoms with E-state index in [9.17, 15) is 19.2 Å². The summed E-state index contributed by atoms with van der Waals surface area (Å²) < 4.78 is 6.89. The molecular formula is C23H26N4O5. The molecule has 2 aliphatic heterocycles. The number of aromatic nitrogens is 1. The summed E-state index contributed by atoms with van der Waals surface area (Å²) in [5, 5.41) is 5.68. The van der Waals surface area contributed by atoms with E-state index in [0.717, 1.165) is 10.6 Å². The summed E-state index contributed by atoms with van der Waals surface area (Å²) in [5.41, 5.74) is 5.80. The molecule has 0 spiro atoms. The van der Waals surface area contributed by atoms with Crippen molar-refractivity contribution in [2.24, 2.45) is 0 Å². The van der Waals surface area contributed by atoms with Crippen molar-refractivity contribution in [1.29, 1.82) is 0 Å². The molecule has 0 unspecified atom stereocenters. The Bertz CT molecular complexity index is 1180. The van der Waals surface area contributed by atoms with Gasteiger partial charge in [-0.2, -0.15) is 0 Å². The van der Waals surface area contributed by atoms with Gasteiger partial charge in [0.2, 0.25) is 0 Å². The number of hydrogen-bond donors (Lipinski definition) is 3. The summed E-state index contributed by atoms with van der Waals surface area (Å²) in [4.78, 5) is 49.1. The number of benzene rings is 1. The molecule has 0 atom stereocenters. The van der Waals surface area contributed by atoms with Crippen LogP contribution in [0.25, 0.3) is 5.69 Å². The van der Waals surface area contributed by atoms with Gasteiger partial charge in [-0.15, -0.1) is 0 Å². The van der Waals surface area contributed by atoms with E-state index in [2.05, 4.69) is 38.3 Å². The van der Waals surface area contributed by atoms with Crippen molar-refractivity contribution in [1.82, 2.24) is 15.2 Å². The van der Waals surface area contributed by atoms with Gasteiger partial charge in [-0.1, -0.05) is 0 Å². The topological polar surface area (TPSA) is 133 Å². The van der Waals surface area contributed by atoms with E-state index >= 15 is 0 Å². The number of amides is 2. The molecule has 3 heterocycles. The first kappa shape index (κ1) is 21.8. The molecule has 32 heavy (non-hydrogen) atoms. The second kappa shape index (κ2) is 7.30. The molecule has 9 nitrogen and oxygen atoms in total. The number of piperidine rings is 1. The first-order chi connectivity index (χ1) is 14.9. The highest BCUT2D eigenvalue weighted by Crippen LogP contribution is 2.31. The maximum absolute atomic E-state index is 12.7. The quantitative estimate of drug-likeness (QED) is 0.491. The lowest BCUT2D eigenvalue weighted by atomic mass is 9.81. The Kier molecular flexibility index (Phi) is 4.97. The third kappa shape index (κ3) is 3.91. The third-order valence-corrected chi connectivity index (χ3v) is 5.74. The lowest BCUT2D eigenvalue weighted by Crippen LogP contribution is -2.59. The number of carbonyl (C=O) groups excluding carboxylic acids is 3. The molecule has 0 radical (unpaired) electrons. The lowest BCUT2D eigenvalue weighted by Gasteiger charge is -2.45. The van der Waals surface area contributed by atoms with Gasteiger partial charge in [-0.3, -0.25) is 24.3 Å². The molecule has 1 fully saturated rings. The number of ether oxygens (including phenoxy) is 1. The minimum absolute atomic E-state index is 0.0331. The average molecular weight is 438 g/mol. The maximum Gasteiger partial charge on any atom is 0.338 e. The molecule has 168 valence electrons. The predicted octanol–water partition coefficient (Wildman–Crippen LogP) is 1.77. The van der Waals surface area contributed by atoms with Crippen LogP contribution in [-0.4, -0.2) is 39.5 Å². The van der Waals surface area contributed by atoms with Crippen LogP contribution < -0.4 is 21.9 Å². The molecule has 1 aromatic heterocycles. The molecular weight excluding hydrogens is 412 g/mol. The van der Waals surface area contributed by atoms with Crippen LogP contribution >= 0.6 is 0 Å². The van der Waals surface area contributed by atoms with Gasteiger partial charge in [0.05, 0.1) is 22.4 Å². The highest BCUT2D eigenvalue weighted by atomic mass is 16.5. The average Bonchev–Trinajstić information content (AvgIpc) is 2.93. The van der Waals surface area contributed by atoms with Gasteiger partial charge >= 0.3 is 5.97 Å². The van der Waals surface area contributed by atoms with Crippen molar-refractivity contribution < 1.29 is 19.1 Å². The van der Waals surface area contributed by atoms with Gasteiger partial charge in [0, 0.05) is 30.0 Å². The van der Waals surface area contributed by atoms with Gasteiger partial charge in [0.25, 0.3) is 17.4 Å². The van der Waals surface area contributed by atoms with E-state index in [4.69, 9.17) is 10.5 Å². The second-order valence-corrected chi connectivity index (χ2v) is 9.65. The van der Waals surface area contributed by atoms with E-state index < -0.39 is 23.3 Å². The molecule has 1 saturated heterocycles. The molecule has 0 saturated carbocycles. The van der Waals surface area contributed by atoms with Crippen LogP contribution in [0.15, 0.2) is 35.1 Å². The number of esters is 1. The van der Waals surface area contributed by atoms with Gasteiger partial charge in [-0.25, -0.2) is 4.79 Å². The van der Waals surface area contributed by atoms with Gasteiger partial charge in [-0.05, 0) is 52.0 Å². The van der Waals surface area contributed by atoms with Crippen LogP contribution in [0.1, 0.15) is 71.6 Å². The highest BCUT2D eigenvalue weighted by Gasteiger charge is 2.39. The largest absolute Gasteiger partial charge is 0.459 e. The number of hydrogen-bond acceptors (Lipinski definition) is 7. The van der Waals surface area contributed by atoms with E-state index in [1.54, 1.807) is 24.3 Å². The summed E-state index contributed by atoms with van der Waals surface area (Å²) in [6, 6.07) is 7.25. The third-order valence-electron chi connectivity index (χ3n) is 5.74. The van der Waals surface area contributed by atoms with Gasteiger partial charge < -0.3 is 15.8 Å². The molecule has 9 heteroatoms. The number of anilines is 1. The Balaban J connectivity index is 1.58. The monoisotopic (exact) mass is 438 g/mol. The zero-order valence-electron chi connectivity index (χ0n) is 18.4. The van der Waals surface area contributed by atoms with E-state index in [1.165, 1.54) is 0 Å². The van der Waals surface area contributed by atoms with Crippen molar-refractivity contribution in [3.05, 3.63) is 57.4 Å². The van der Waals surface area contributed by atoms with Crippen LogP contribution in [-0.2, 0) is 4.74 Å². The zero-order chi connectivity index (χ0) is 23.4. The summed E-state index contributed by atoms with van der Waals surface area (Å²) in [7, 11) is 0. The normalized spacial score (nSPS) is 19.4. The standard InChI is InChI=1S/C23H26N4O5/c1-22(2)10-14(11-23(3,4)26-22)32-21(31)12-5-7-13(8-6-12)27-16(28)9-15-17(18(27)24)20(30)25-19(15)29/h5-9,14,26H,10-11,24H2,1-4H3,(H,25,29,30). The van der Waals surface area contributed by atoms with Crippen LogP contribution in [0.5, 0.6) is 0 Å². The molecule has 0 aliphatic carbocycles. The minimum atomic E-state index is -0.650. The number of nitrogens with one attached hydrogen (secondary N) is 2. The summed E-state index contributed by atoms with van der Waals surface area (Å²) in [6.07, 6.45) is 1.17. The number of imide groups is 1. The van der Waals surface area contributed by atoms with Crippen molar-refractivity contribution in [3.8, 4) is 5.69 Å². The SMILES string of the molecule is CC1(C)CC(OC(=O)c2ccc(-n3c(N)c4c(cc3=O)C(=O)NC4=O)cc2)CC(C)(C)N1. The van der Waals surface area contributed by atoms with Crippen molar-refractivity contribution in [2.75, 3.05) is 5.73 Å². The van der Waals surface area contributed by atoms with Crippen molar-refractivity contribution >= 4 is 23.6 Å². The number of rotatable bonds is 3. The molecule has 4 rings (SSSR count). The van der Waals surface area contributed by atoms with Gasteiger partial charge in [0.15, 0.2) is 0 Å². The van der Waals surface area contributed by atoms with E-state index in [1.807, 2.05) is 0 Å². The number of nitrogens with zero attached hydrogens (tertiary/aromatic N) is 1. The number of carbonyl (C=O) groups is 3. The van der Waals surface area contributed by atoms with Crippen molar-refractivity contribution in [3.63, 3.8) is 0 Å². The van der Waals surface area contributed by atoms with E-state index in [0.29, 0.717) is 24.1 Å². The fraction of sp³-hybridized carbons (Fsp3) is 0.391. The molecule has 4 N–H and O–H groups in total. The maximum atomic E-state index is 12.7. The number of fused-ring (bicyclic) bond motifs is 1. The summed E-state index contributed by atoms with van der Waals surface area (Å²) >= 11 is 0. The summed E-state index contributed by atoms with van der Waals surface area (Å²) in [5.74, 6) is -1.88. The summed E-state index contributed by atoms with van der Waals surface area (Å²) in [6.45, 7) is 8.32. The minimum Gasteiger partial charge on any atom is -0.459 e. The first-order valence-electron chi connectivity index (χ1n) is 10.4. The molecule has 2 aliphatic rings. The Hall–Kier alpha value is -3.46. The van der Waals surface area contributed by atoms with Crippen LogP contribution in [0, 0.1) is 0 Å². The van der Waals surface area contributed by atoms with Crippen LogP contribution in [0.3, 0.4) is 0 Å². The molecule has 0 bridgehead atoms. The fourth-order valence-electron chi connectivity index (χ4n) is 4.82. The Morgan fingerprint density at radius 3 is 2.22 bits per heavy atom. The van der Waals surface area contributed by atoms with Crippen LogP contribution in [0.2, 0.25) is 0 Å². The molecule has 1 aromatic carbocycles. The fourth-order valence-corrected chi connectivity index (χ4v) is 4.82. The van der Waals surface area contributed by atoms with Gasteiger partial charge in [0.1, 0.15) is 11.9 Å². The highest BCUT2D eigenvalue weighted by molar-refractivity contribution is 6.23. The number of nitrogens with two attached hydrogens (primary N) is 1. The molecule has 2 amide bonds. The Morgan fingerprint density at radius 1 is 1.03 bits per heavy atom. The first-order valence-corrected chi connectivity index (χ1v) is 10.4. The predicted molar refractivity (Wildman–Crippen MR) is 118 cm³/mol. The molecule has 2 aromatic rings. The smallest absolute Gasteiger partial charge is 0.338 e. The second-order valence-electron chi connectivity index (χ2n) is 9.65. The van der Waals surface area contributed by atoms with Crippen LogP contribution in [0.4, 0.5) is 5.82 Å². The van der Waals surface area contributed by atoms with E-state index in [-0.39, 0.29) is 34.1 Å². The Morgan fingerprint density at radius 2 is 1.62 bits per heavy atom. The zero-order valence-corrected chi connectivity index (χ0v) is 18.4.